The van der Waals surface area contributed by atoms with Crippen molar-refractivity contribution in [2.75, 3.05) is 32.9 Å². The summed E-state index contributed by atoms with van der Waals surface area (Å²) < 4.78 is 18.6. The highest BCUT2D eigenvalue weighted by Gasteiger charge is 2.44. The highest BCUT2D eigenvalue weighted by molar-refractivity contribution is 6.99. The largest absolute Gasteiger partial charge is 0.449 e. The second kappa shape index (κ2) is 14.8. The molecule has 2 atom stereocenters. The highest BCUT2D eigenvalue weighted by Crippen LogP contribution is 2.43. The molecule has 0 spiro atoms. The van der Waals surface area contributed by atoms with Gasteiger partial charge in [-0.15, -0.1) is 0 Å². The predicted octanol–water partition coefficient (Wildman–Crippen LogP) is 7.77. The third kappa shape index (κ3) is 9.65. The molecule has 1 amide bonds. The van der Waals surface area contributed by atoms with Gasteiger partial charge in [0.05, 0.1) is 25.4 Å². The summed E-state index contributed by atoms with van der Waals surface area (Å²) in [5, 5.41) is 0.889. The Morgan fingerprint density at radius 1 is 1.11 bits per heavy atom. The van der Waals surface area contributed by atoms with E-state index in [1.165, 1.54) is 0 Å². The number of hydrogen-bond donors (Lipinski definition) is 0. The van der Waals surface area contributed by atoms with Gasteiger partial charge in [-0.05, 0) is 61.9 Å². The molecule has 1 unspecified atom stereocenters. The minimum Gasteiger partial charge on any atom is -0.449 e. The molecule has 0 N–H and O–H groups in total. The first-order valence-corrected chi connectivity index (χ1v) is 17.6. The Morgan fingerprint density at radius 3 is 2.47 bits per heavy atom. The van der Waals surface area contributed by atoms with E-state index >= 15 is 0 Å². The quantitative estimate of drug-likeness (QED) is 0.170. The van der Waals surface area contributed by atoms with Crippen LogP contribution in [0.1, 0.15) is 85.1 Å². The smallest absolute Gasteiger partial charge is 0.409 e. The van der Waals surface area contributed by atoms with Gasteiger partial charge in [-0.3, -0.25) is 0 Å². The molecule has 216 valence electrons. The molecular weight excluding hydrogens is 518 g/mol. The second-order valence-corrected chi connectivity index (χ2v) is 16.6. The van der Waals surface area contributed by atoms with Crippen LogP contribution in [0.5, 0.6) is 0 Å². The third-order valence-corrected chi connectivity index (χ3v) is 9.95. The van der Waals surface area contributed by atoms with Crippen molar-refractivity contribution in [2.45, 2.75) is 98.3 Å². The van der Waals surface area contributed by atoms with Crippen LogP contribution in [0.4, 0.5) is 4.79 Å². The zero-order chi connectivity index (χ0) is 28.4. The summed E-state index contributed by atoms with van der Waals surface area (Å²) in [7, 11) is -2.51. The number of piperidine rings is 1. The maximum absolute atomic E-state index is 12.9. The van der Waals surface area contributed by atoms with Gasteiger partial charge in [0.25, 0.3) is 8.32 Å². The van der Waals surface area contributed by atoms with E-state index in [0.29, 0.717) is 44.4 Å². The lowest BCUT2D eigenvalue weighted by Gasteiger charge is -2.45. The monoisotopic (exact) mass is 567 g/mol. The maximum atomic E-state index is 12.9. The van der Waals surface area contributed by atoms with Crippen molar-refractivity contribution in [1.82, 2.24) is 4.90 Å². The number of hydrogen-bond acceptors (Lipinski definition) is 5. The molecule has 0 bridgehead atoms. The third-order valence-electron chi connectivity index (χ3n) is 7.27. The van der Waals surface area contributed by atoms with Crippen molar-refractivity contribution in [3.63, 3.8) is 0 Å². The van der Waals surface area contributed by atoms with Crippen LogP contribution in [0, 0.1) is 11.3 Å². The van der Waals surface area contributed by atoms with Crippen LogP contribution in [-0.2, 0) is 24.3 Å². The van der Waals surface area contributed by atoms with Crippen molar-refractivity contribution < 1.29 is 23.5 Å². The number of halogens is 1. The fourth-order valence-electron chi connectivity index (χ4n) is 5.19. The minimum atomic E-state index is -2.51. The van der Waals surface area contributed by atoms with E-state index in [9.17, 15) is 9.59 Å². The fourth-order valence-corrected chi connectivity index (χ4v) is 7.10. The average Bonchev–Trinajstić information content (AvgIpc) is 2.85. The van der Waals surface area contributed by atoms with Crippen LogP contribution >= 0.6 is 11.6 Å². The average molecular weight is 568 g/mol. The van der Waals surface area contributed by atoms with Gasteiger partial charge in [0, 0.05) is 30.5 Å². The van der Waals surface area contributed by atoms with E-state index in [-0.39, 0.29) is 22.8 Å². The first-order valence-electron chi connectivity index (χ1n) is 14.3. The summed E-state index contributed by atoms with van der Waals surface area (Å²) in [6, 6.07) is 7.90. The zero-order valence-corrected chi connectivity index (χ0v) is 26.5. The fraction of sp³-hybridized carbons (Fsp3) is 0.733. The Hall–Kier alpha value is -1.41. The lowest BCUT2D eigenvalue weighted by Crippen LogP contribution is -2.50. The van der Waals surface area contributed by atoms with Crippen molar-refractivity contribution in [3.05, 3.63) is 34.9 Å². The van der Waals surface area contributed by atoms with Crippen molar-refractivity contribution >= 4 is 31.4 Å². The molecule has 8 heteroatoms. The first kappa shape index (κ1) is 32.8. The van der Waals surface area contributed by atoms with E-state index in [2.05, 4.69) is 40.7 Å². The summed E-state index contributed by atoms with van der Waals surface area (Å²) in [5.41, 5.74) is 0.347. The van der Waals surface area contributed by atoms with Crippen LogP contribution in [-0.4, -0.2) is 57.6 Å². The van der Waals surface area contributed by atoms with Gasteiger partial charge < -0.3 is 23.6 Å². The molecule has 1 fully saturated rings. The molecule has 1 aliphatic heterocycles. The van der Waals surface area contributed by atoms with E-state index < -0.39 is 13.9 Å². The minimum absolute atomic E-state index is 0.0609. The number of ether oxygens (including phenoxy) is 2. The second-order valence-electron chi connectivity index (χ2n) is 12.3. The van der Waals surface area contributed by atoms with E-state index in [1.54, 1.807) is 0 Å². The van der Waals surface area contributed by atoms with Crippen LogP contribution in [0.2, 0.25) is 18.1 Å². The standard InChI is InChI=1S/C30H50ClNO5Si/c1-8-10-18-35-28(34)32-17-12-14-25(23-32)30(16-9-2,24-13-11-15-26(31)21-24)36-19-20-37-38(6,7)27(33)22-29(3,4)5/h11,13,15,21,25H,8-10,12,14,16-20,22-23H2,1-7H3/t25?,30-/m0/s1. The molecule has 1 aliphatic rings. The number of nitrogens with zero attached hydrogens (tertiary/aromatic N) is 1. The molecule has 0 aliphatic carbocycles. The molecule has 1 aromatic rings. The summed E-state index contributed by atoms with van der Waals surface area (Å²) in [5.74, 6) is 0.0844. The number of unbranched alkanes of at least 4 members (excludes halogenated alkanes) is 1. The van der Waals surface area contributed by atoms with Gasteiger partial charge in [0.2, 0.25) is 0 Å². The van der Waals surface area contributed by atoms with Crippen molar-refractivity contribution in [2.24, 2.45) is 11.3 Å². The highest BCUT2D eigenvalue weighted by atomic mass is 35.5. The van der Waals surface area contributed by atoms with Crippen molar-refractivity contribution in [3.8, 4) is 0 Å². The van der Waals surface area contributed by atoms with Gasteiger partial charge in [-0.1, -0.05) is 71.2 Å². The van der Waals surface area contributed by atoms with Crippen LogP contribution in [0.25, 0.3) is 0 Å². The van der Waals surface area contributed by atoms with Crippen molar-refractivity contribution in [1.29, 1.82) is 0 Å². The van der Waals surface area contributed by atoms with E-state index in [4.69, 9.17) is 25.5 Å². The Labute approximate surface area is 236 Å². The van der Waals surface area contributed by atoms with Gasteiger partial charge in [0.15, 0.2) is 0 Å². The summed E-state index contributed by atoms with van der Waals surface area (Å²) >= 11 is 6.45. The summed E-state index contributed by atoms with van der Waals surface area (Å²) in [6.45, 7) is 16.9. The molecule has 0 saturated carbocycles. The lowest BCUT2D eigenvalue weighted by atomic mass is 9.74. The zero-order valence-electron chi connectivity index (χ0n) is 24.7. The summed E-state index contributed by atoms with van der Waals surface area (Å²) in [4.78, 5) is 27.6. The normalized spacial score (nSPS) is 18.2. The Kier molecular flexibility index (Phi) is 12.8. The van der Waals surface area contributed by atoms with Crippen LogP contribution in [0.3, 0.4) is 0 Å². The molecule has 38 heavy (non-hydrogen) atoms. The topological polar surface area (TPSA) is 65.1 Å². The molecule has 6 nitrogen and oxygen atoms in total. The van der Waals surface area contributed by atoms with Crippen LogP contribution < -0.4 is 0 Å². The first-order chi connectivity index (χ1) is 17.8. The van der Waals surface area contributed by atoms with Gasteiger partial charge in [-0.25, -0.2) is 4.79 Å². The van der Waals surface area contributed by atoms with Gasteiger partial charge in [0.1, 0.15) is 5.41 Å². The number of carbonyl (C=O) groups excluding carboxylic acids is 2. The van der Waals surface area contributed by atoms with Gasteiger partial charge in [-0.2, -0.15) is 0 Å². The van der Waals surface area contributed by atoms with Gasteiger partial charge >= 0.3 is 6.09 Å². The molecule has 0 aromatic heterocycles. The molecular formula is C30H50ClNO5Si. The number of benzene rings is 1. The molecule has 1 aromatic carbocycles. The molecule has 1 heterocycles. The molecule has 2 rings (SSSR count). The number of rotatable bonds is 14. The Morgan fingerprint density at radius 2 is 1.84 bits per heavy atom. The SMILES string of the molecule is CCCCOC(=O)N1CCCC([C@@](CCC)(OCCO[Si](C)(C)C(=O)CC(C)(C)C)c2cccc(Cl)c2)C1. The summed E-state index contributed by atoms with van der Waals surface area (Å²) in [6.07, 6.45) is 5.66. The molecule has 1 saturated heterocycles. The van der Waals surface area contributed by atoms with E-state index in [0.717, 1.165) is 44.1 Å². The van der Waals surface area contributed by atoms with Crippen LogP contribution in [0.15, 0.2) is 24.3 Å². The van der Waals surface area contributed by atoms with E-state index in [1.807, 2.05) is 36.2 Å². The molecule has 0 radical (unpaired) electrons. The Bertz CT molecular complexity index is 903. The lowest BCUT2D eigenvalue weighted by molar-refractivity contribution is -0.123. The Balaban J connectivity index is 2.23. The number of amides is 1. The number of likely N-dealkylation sites (tertiary alicyclic amines) is 1. The number of carbonyl (C=O) groups is 2. The predicted molar refractivity (Wildman–Crippen MR) is 157 cm³/mol. The maximum Gasteiger partial charge on any atom is 0.409 e.